The van der Waals surface area contributed by atoms with Gasteiger partial charge in [0.05, 0.1) is 0 Å². The van der Waals surface area contributed by atoms with Crippen molar-refractivity contribution in [3.63, 3.8) is 0 Å². The van der Waals surface area contributed by atoms with Gasteiger partial charge in [-0.2, -0.15) is 0 Å². The van der Waals surface area contributed by atoms with Crippen molar-refractivity contribution in [2.75, 3.05) is 12.3 Å². The normalized spacial score (nSPS) is 10.5. The molecule has 2 rings (SSSR count). The topological polar surface area (TPSA) is 29.1 Å². The van der Waals surface area contributed by atoms with Crippen LogP contribution in [0.25, 0.3) is 0 Å². The molecule has 2 aromatic carbocycles. The highest BCUT2D eigenvalue weighted by Gasteiger charge is 2.03. The SMILES string of the molecule is O=C(CCc1cccc(F)c1)NCCSc1ccc(Cl)cc1. The number of thioether (sulfide) groups is 1. The smallest absolute Gasteiger partial charge is 0.220 e. The van der Waals surface area contributed by atoms with Gasteiger partial charge >= 0.3 is 0 Å². The summed E-state index contributed by atoms with van der Waals surface area (Å²) in [5, 5.41) is 3.59. The Labute approximate surface area is 139 Å². The van der Waals surface area contributed by atoms with E-state index in [0.717, 1.165) is 21.2 Å². The summed E-state index contributed by atoms with van der Waals surface area (Å²) in [5.41, 5.74) is 0.839. The lowest BCUT2D eigenvalue weighted by Crippen LogP contribution is -2.25. The number of carbonyl (C=O) groups excluding carboxylic acids is 1. The van der Waals surface area contributed by atoms with Crippen molar-refractivity contribution in [3.05, 3.63) is 64.9 Å². The number of aryl methyl sites for hydroxylation is 1. The molecule has 0 aromatic heterocycles. The molecule has 0 saturated carbocycles. The van der Waals surface area contributed by atoms with Crippen molar-refractivity contribution < 1.29 is 9.18 Å². The predicted octanol–water partition coefficient (Wildman–Crippen LogP) is 4.32. The van der Waals surface area contributed by atoms with Crippen LogP contribution in [-0.2, 0) is 11.2 Å². The maximum Gasteiger partial charge on any atom is 0.220 e. The fourth-order valence-electron chi connectivity index (χ4n) is 1.93. The Morgan fingerprint density at radius 2 is 1.95 bits per heavy atom. The number of benzene rings is 2. The van der Waals surface area contributed by atoms with Gasteiger partial charge in [-0.25, -0.2) is 4.39 Å². The van der Waals surface area contributed by atoms with E-state index in [0.29, 0.717) is 19.4 Å². The predicted molar refractivity (Wildman–Crippen MR) is 89.9 cm³/mol. The van der Waals surface area contributed by atoms with Crippen LogP contribution in [0.4, 0.5) is 4.39 Å². The van der Waals surface area contributed by atoms with E-state index in [2.05, 4.69) is 5.32 Å². The maximum absolute atomic E-state index is 13.0. The summed E-state index contributed by atoms with van der Waals surface area (Å²) in [6.45, 7) is 0.606. The first-order valence-corrected chi connectivity index (χ1v) is 8.39. The summed E-state index contributed by atoms with van der Waals surface area (Å²) in [6, 6.07) is 14.0. The number of hydrogen-bond acceptors (Lipinski definition) is 2. The molecule has 0 spiro atoms. The highest BCUT2D eigenvalue weighted by atomic mass is 35.5. The van der Waals surface area contributed by atoms with Crippen molar-refractivity contribution in [2.24, 2.45) is 0 Å². The van der Waals surface area contributed by atoms with Crippen LogP contribution >= 0.6 is 23.4 Å². The van der Waals surface area contributed by atoms with Crippen LogP contribution in [0.3, 0.4) is 0 Å². The van der Waals surface area contributed by atoms with Gasteiger partial charge in [-0.15, -0.1) is 11.8 Å². The van der Waals surface area contributed by atoms with Crippen LogP contribution in [0.15, 0.2) is 53.4 Å². The Balaban J connectivity index is 1.62. The molecule has 0 fully saturated rings. The molecule has 0 aliphatic carbocycles. The van der Waals surface area contributed by atoms with E-state index in [1.807, 2.05) is 30.3 Å². The fourth-order valence-corrected chi connectivity index (χ4v) is 2.82. The van der Waals surface area contributed by atoms with Gasteiger partial charge in [-0.1, -0.05) is 23.7 Å². The third-order valence-corrected chi connectivity index (χ3v) is 4.30. The van der Waals surface area contributed by atoms with Crippen LogP contribution in [-0.4, -0.2) is 18.2 Å². The number of hydrogen-bond donors (Lipinski definition) is 1. The van der Waals surface area contributed by atoms with Crippen LogP contribution < -0.4 is 5.32 Å². The molecule has 0 unspecified atom stereocenters. The van der Waals surface area contributed by atoms with Crippen LogP contribution in [0.1, 0.15) is 12.0 Å². The van der Waals surface area contributed by atoms with Crippen molar-refractivity contribution in [1.29, 1.82) is 0 Å². The molecule has 22 heavy (non-hydrogen) atoms. The molecule has 0 aliphatic heterocycles. The van der Waals surface area contributed by atoms with Crippen molar-refractivity contribution in [3.8, 4) is 0 Å². The van der Waals surface area contributed by atoms with Crippen LogP contribution in [0.2, 0.25) is 5.02 Å². The Kier molecular flexibility index (Phi) is 6.74. The molecule has 1 amide bonds. The van der Waals surface area contributed by atoms with Gasteiger partial charge in [0.25, 0.3) is 0 Å². The molecule has 0 heterocycles. The number of rotatable bonds is 7. The minimum atomic E-state index is -0.266. The lowest BCUT2D eigenvalue weighted by Gasteiger charge is -2.06. The highest BCUT2D eigenvalue weighted by Crippen LogP contribution is 2.19. The number of carbonyl (C=O) groups is 1. The maximum atomic E-state index is 13.0. The van der Waals surface area contributed by atoms with Crippen molar-refractivity contribution in [2.45, 2.75) is 17.7 Å². The summed E-state index contributed by atoms with van der Waals surface area (Å²) in [7, 11) is 0. The zero-order valence-corrected chi connectivity index (χ0v) is 13.6. The van der Waals surface area contributed by atoms with Crippen molar-refractivity contribution in [1.82, 2.24) is 5.32 Å². The fraction of sp³-hybridized carbons (Fsp3) is 0.235. The minimum absolute atomic E-state index is 0.0130. The second-order valence-corrected chi connectivity index (χ2v) is 6.39. The molecular formula is C17H17ClFNOS. The van der Waals surface area contributed by atoms with Gasteiger partial charge in [-0.3, -0.25) is 4.79 Å². The molecule has 1 N–H and O–H groups in total. The Morgan fingerprint density at radius 1 is 1.18 bits per heavy atom. The van der Waals surface area contributed by atoms with Gasteiger partial charge in [0.2, 0.25) is 5.91 Å². The standard InChI is InChI=1S/C17H17ClFNOS/c18-14-5-7-16(8-6-14)22-11-10-20-17(21)9-4-13-2-1-3-15(19)12-13/h1-3,5-8,12H,4,9-11H2,(H,20,21). The van der Waals surface area contributed by atoms with Gasteiger partial charge in [-0.05, 0) is 48.4 Å². The van der Waals surface area contributed by atoms with Gasteiger partial charge in [0, 0.05) is 28.6 Å². The van der Waals surface area contributed by atoms with E-state index < -0.39 is 0 Å². The first-order chi connectivity index (χ1) is 10.6. The molecular weight excluding hydrogens is 321 g/mol. The first-order valence-electron chi connectivity index (χ1n) is 7.03. The lowest BCUT2D eigenvalue weighted by atomic mass is 10.1. The monoisotopic (exact) mass is 337 g/mol. The van der Waals surface area contributed by atoms with E-state index >= 15 is 0 Å². The molecule has 0 radical (unpaired) electrons. The summed E-state index contributed by atoms with van der Waals surface area (Å²) < 4.78 is 13.0. The number of halogens is 2. The Morgan fingerprint density at radius 3 is 2.68 bits per heavy atom. The Bertz CT molecular complexity index is 618. The third kappa shape index (κ3) is 6.08. The summed E-state index contributed by atoms with van der Waals surface area (Å²) in [6.07, 6.45) is 0.920. The highest BCUT2D eigenvalue weighted by molar-refractivity contribution is 7.99. The average molecular weight is 338 g/mol. The van der Waals surface area contributed by atoms with Crippen LogP contribution in [0.5, 0.6) is 0 Å². The molecule has 2 aromatic rings. The third-order valence-electron chi connectivity index (χ3n) is 3.04. The zero-order valence-electron chi connectivity index (χ0n) is 12.0. The molecule has 0 atom stereocenters. The summed E-state index contributed by atoms with van der Waals surface area (Å²) in [4.78, 5) is 12.8. The second kappa shape index (κ2) is 8.81. The summed E-state index contributed by atoms with van der Waals surface area (Å²) in [5.74, 6) is 0.520. The molecule has 116 valence electrons. The molecule has 0 bridgehead atoms. The van der Waals surface area contributed by atoms with E-state index in [-0.39, 0.29) is 11.7 Å². The zero-order chi connectivity index (χ0) is 15.8. The molecule has 5 heteroatoms. The molecule has 2 nitrogen and oxygen atoms in total. The number of amides is 1. The van der Waals surface area contributed by atoms with E-state index in [4.69, 9.17) is 11.6 Å². The lowest BCUT2D eigenvalue weighted by molar-refractivity contribution is -0.120. The second-order valence-electron chi connectivity index (χ2n) is 4.78. The number of nitrogens with one attached hydrogen (secondary N) is 1. The van der Waals surface area contributed by atoms with E-state index in [1.54, 1.807) is 17.8 Å². The average Bonchev–Trinajstić information content (AvgIpc) is 2.51. The largest absolute Gasteiger partial charge is 0.355 e. The molecule has 0 saturated heterocycles. The Hall–Kier alpha value is -1.52. The van der Waals surface area contributed by atoms with Crippen molar-refractivity contribution >= 4 is 29.3 Å². The van der Waals surface area contributed by atoms with E-state index in [9.17, 15) is 9.18 Å². The van der Waals surface area contributed by atoms with Gasteiger partial charge < -0.3 is 5.32 Å². The summed E-state index contributed by atoms with van der Waals surface area (Å²) >= 11 is 7.48. The van der Waals surface area contributed by atoms with Gasteiger partial charge in [0.1, 0.15) is 5.82 Å². The van der Waals surface area contributed by atoms with E-state index in [1.165, 1.54) is 12.1 Å². The van der Waals surface area contributed by atoms with Crippen LogP contribution in [0, 0.1) is 5.82 Å². The minimum Gasteiger partial charge on any atom is -0.355 e. The quantitative estimate of drug-likeness (QED) is 0.602. The first kappa shape index (κ1) is 16.8. The molecule has 0 aliphatic rings. The van der Waals surface area contributed by atoms with Gasteiger partial charge in [0.15, 0.2) is 0 Å².